The summed E-state index contributed by atoms with van der Waals surface area (Å²) in [5, 5.41) is 8.17. The van der Waals surface area contributed by atoms with Crippen molar-refractivity contribution in [3.05, 3.63) is 149 Å². The number of aromatic nitrogens is 4. The van der Waals surface area contributed by atoms with Gasteiger partial charge in [0.25, 0.3) is 5.91 Å². The molecule has 0 saturated carbocycles. The van der Waals surface area contributed by atoms with E-state index in [-0.39, 0.29) is 11.9 Å². The van der Waals surface area contributed by atoms with Crippen LogP contribution in [0.2, 0.25) is 0 Å². The smallest absolute Gasteiger partial charge is 0.251 e. The SMILES string of the molecule is COc1ccc(C(c2ccc(OC)cc2)n2nc(-c3ccc(F)nc3)c3c2-c2ccc(C(=O)NCc4ccccn4)cc2C3)cc1. The lowest BCUT2D eigenvalue weighted by atomic mass is 9.97. The van der Waals surface area contributed by atoms with Crippen molar-refractivity contribution in [3.8, 4) is 34.0 Å². The van der Waals surface area contributed by atoms with Gasteiger partial charge in [0.1, 0.15) is 17.5 Å². The molecule has 0 bridgehead atoms. The van der Waals surface area contributed by atoms with Crippen LogP contribution >= 0.6 is 0 Å². The number of carbonyl (C=O) groups excluding carboxylic acids is 1. The Kier molecular flexibility index (Phi) is 7.72. The minimum absolute atomic E-state index is 0.177. The zero-order valence-electron chi connectivity index (χ0n) is 25.3. The Labute approximate surface area is 265 Å². The number of pyridine rings is 2. The molecule has 8 nitrogen and oxygen atoms in total. The van der Waals surface area contributed by atoms with Gasteiger partial charge in [0.15, 0.2) is 0 Å². The van der Waals surface area contributed by atoms with Crippen molar-refractivity contribution in [3.63, 3.8) is 0 Å². The van der Waals surface area contributed by atoms with Crippen LogP contribution in [0.5, 0.6) is 11.5 Å². The van der Waals surface area contributed by atoms with Crippen LogP contribution in [-0.4, -0.2) is 39.9 Å². The molecule has 0 aliphatic heterocycles. The summed E-state index contributed by atoms with van der Waals surface area (Å²) < 4.78 is 26.8. The van der Waals surface area contributed by atoms with Crippen LogP contribution in [0.4, 0.5) is 4.39 Å². The summed E-state index contributed by atoms with van der Waals surface area (Å²) in [4.78, 5) is 21.4. The Morgan fingerprint density at radius 3 is 2.22 bits per heavy atom. The van der Waals surface area contributed by atoms with E-state index in [0.717, 1.165) is 50.7 Å². The van der Waals surface area contributed by atoms with Crippen molar-refractivity contribution in [2.75, 3.05) is 14.2 Å². The predicted octanol–water partition coefficient (Wildman–Crippen LogP) is 6.64. The number of fused-ring (bicyclic) bond motifs is 3. The number of nitrogens with one attached hydrogen (secondary N) is 1. The van der Waals surface area contributed by atoms with Gasteiger partial charge in [-0.05, 0) is 77.4 Å². The van der Waals surface area contributed by atoms with Gasteiger partial charge in [0.05, 0.1) is 37.8 Å². The van der Waals surface area contributed by atoms with Crippen LogP contribution < -0.4 is 14.8 Å². The average Bonchev–Trinajstić information content (AvgIpc) is 3.66. The van der Waals surface area contributed by atoms with Crippen molar-refractivity contribution < 1.29 is 18.7 Å². The van der Waals surface area contributed by atoms with Crippen LogP contribution in [-0.2, 0) is 13.0 Å². The van der Waals surface area contributed by atoms with Crippen LogP contribution in [0.3, 0.4) is 0 Å². The Hall–Kier alpha value is -5.83. The van der Waals surface area contributed by atoms with E-state index in [4.69, 9.17) is 14.6 Å². The number of rotatable bonds is 9. The van der Waals surface area contributed by atoms with E-state index in [0.29, 0.717) is 29.8 Å². The van der Waals surface area contributed by atoms with Gasteiger partial charge in [-0.2, -0.15) is 9.49 Å². The molecule has 3 aromatic heterocycles. The van der Waals surface area contributed by atoms with Gasteiger partial charge in [-0.15, -0.1) is 0 Å². The van der Waals surface area contributed by atoms with Crippen LogP contribution in [0.15, 0.2) is 109 Å². The van der Waals surface area contributed by atoms with E-state index in [2.05, 4.69) is 15.3 Å². The zero-order chi connectivity index (χ0) is 31.6. The molecule has 0 saturated heterocycles. The van der Waals surface area contributed by atoms with Crippen molar-refractivity contribution in [2.45, 2.75) is 19.0 Å². The highest BCUT2D eigenvalue weighted by atomic mass is 19.1. The number of methoxy groups -OCH3 is 2. The summed E-state index contributed by atoms with van der Waals surface area (Å²) in [6.07, 6.45) is 3.77. The number of nitrogens with zero attached hydrogens (tertiary/aromatic N) is 4. The fraction of sp³-hybridized carbons (Fsp3) is 0.135. The largest absolute Gasteiger partial charge is 0.497 e. The first-order chi connectivity index (χ1) is 22.5. The lowest BCUT2D eigenvalue weighted by Gasteiger charge is -2.22. The second kappa shape index (κ2) is 12.3. The average molecular weight is 612 g/mol. The Bertz CT molecular complexity index is 1960. The number of ether oxygens (including phenoxy) is 2. The fourth-order valence-electron chi connectivity index (χ4n) is 5.98. The molecule has 7 rings (SSSR count). The predicted molar refractivity (Wildman–Crippen MR) is 172 cm³/mol. The summed E-state index contributed by atoms with van der Waals surface area (Å²) in [6.45, 7) is 0.332. The molecule has 0 atom stereocenters. The third kappa shape index (κ3) is 5.47. The maximum Gasteiger partial charge on any atom is 0.251 e. The van der Waals surface area contributed by atoms with Crippen LogP contribution in [0.25, 0.3) is 22.5 Å². The Balaban J connectivity index is 1.34. The number of hydrogen-bond donors (Lipinski definition) is 1. The molecule has 6 aromatic rings. The van der Waals surface area contributed by atoms with Gasteiger partial charge in [0.2, 0.25) is 5.95 Å². The van der Waals surface area contributed by atoms with E-state index in [1.807, 2.05) is 89.6 Å². The normalized spacial score (nSPS) is 11.7. The highest BCUT2D eigenvalue weighted by Crippen LogP contribution is 2.45. The highest BCUT2D eigenvalue weighted by molar-refractivity contribution is 5.96. The minimum Gasteiger partial charge on any atom is -0.497 e. The van der Waals surface area contributed by atoms with Crippen molar-refractivity contribution in [1.29, 1.82) is 0 Å². The van der Waals surface area contributed by atoms with Gasteiger partial charge < -0.3 is 14.8 Å². The number of carbonyl (C=O) groups is 1. The molecule has 9 heteroatoms. The van der Waals surface area contributed by atoms with Gasteiger partial charge in [-0.1, -0.05) is 36.4 Å². The van der Waals surface area contributed by atoms with Crippen LogP contribution in [0.1, 0.15) is 44.3 Å². The van der Waals surface area contributed by atoms with Crippen molar-refractivity contribution in [1.82, 2.24) is 25.1 Å². The summed E-state index contributed by atoms with van der Waals surface area (Å²) in [6, 6.07) is 30.0. The maximum atomic E-state index is 13.9. The topological polar surface area (TPSA) is 91.2 Å². The Morgan fingerprint density at radius 1 is 0.891 bits per heavy atom. The quantitative estimate of drug-likeness (QED) is 0.184. The molecule has 1 aliphatic carbocycles. The standard InChI is InChI=1S/C37H30FN5O3/c1-45-29-12-6-23(7-13-29)35(24-8-14-30(46-2)15-9-24)43-36-31-16-10-25(37(44)41-22-28-5-3-4-18-39-28)19-27(31)20-32(36)34(42-43)26-11-17-33(38)40-21-26/h3-19,21,35H,20,22H2,1-2H3,(H,41,44). The van der Waals surface area contributed by atoms with Crippen molar-refractivity contribution >= 4 is 5.91 Å². The number of hydrogen-bond acceptors (Lipinski definition) is 6. The number of halogens is 1. The molecule has 1 amide bonds. The Morgan fingerprint density at radius 2 is 1.61 bits per heavy atom. The first-order valence-electron chi connectivity index (χ1n) is 14.8. The molecule has 3 aromatic carbocycles. The first kappa shape index (κ1) is 28.9. The summed E-state index contributed by atoms with van der Waals surface area (Å²) in [7, 11) is 3.28. The fourth-order valence-corrected chi connectivity index (χ4v) is 5.98. The van der Waals surface area contributed by atoms with E-state index >= 15 is 0 Å². The third-order valence-electron chi connectivity index (χ3n) is 8.26. The second-order valence-corrected chi connectivity index (χ2v) is 11.0. The van der Waals surface area contributed by atoms with Gasteiger partial charge in [-0.3, -0.25) is 14.5 Å². The summed E-state index contributed by atoms with van der Waals surface area (Å²) in [5.74, 6) is 0.766. The zero-order valence-corrected chi connectivity index (χ0v) is 25.3. The van der Waals surface area contributed by atoms with Gasteiger partial charge in [-0.25, -0.2) is 4.98 Å². The van der Waals surface area contributed by atoms with Crippen LogP contribution in [0, 0.1) is 5.95 Å². The molecule has 1 aliphatic rings. The summed E-state index contributed by atoms with van der Waals surface area (Å²) in [5.41, 5.74) is 8.68. The van der Waals surface area contributed by atoms with Crippen molar-refractivity contribution in [2.24, 2.45) is 0 Å². The van der Waals surface area contributed by atoms with Gasteiger partial charge >= 0.3 is 0 Å². The monoisotopic (exact) mass is 611 g/mol. The number of amides is 1. The highest BCUT2D eigenvalue weighted by Gasteiger charge is 2.33. The third-order valence-corrected chi connectivity index (χ3v) is 8.26. The number of benzene rings is 3. The summed E-state index contributed by atoms with van der Waals surface area (Å²) >= 11 is 0. The first-order valence-corrected chi connectivity index (χ1v) is 14.8. The van der Waals surface area contributed by atoms with E-state index in [1.165, 1.54) is 12.3 Å². The van der Waals surface area contributed by atoms with E-state index < -0.39 is 5.95 Å². The second-order valence-electron chi connectivity index (χ2n) is 11.0. The molecule has 3 heterocycles. The molecule has 1 N–H and O–H groups in total. The van der Waals surface area contributed by atoms with E-state index in [9.17, 15) is 9.18 Å². The van der Waals surface area contributed by atoms with E-state index in [1.54, 1.807) is 26.5 Å². The molecular weight excluding hydrogens is 581 g/mol. The molecule has 228 valence electrons. The lowest BCUT2D eigenvalue weighted by Crippen LogP contribution is -2.23. The lowest BCUT2D eigenvalue weighted by molar-refractivity contribution is 0.0950. The van der Waals surface area contributed by atoms with Gasteiger partial charge in [0, 0.05) is 41.1 Å². The molecule has 0 fully saturated rings. The molecular formula is C37H30FN5O3. The molecule has 0 spiro atoms. The molecule has 46 heavy (non-hydrogen) atoms. The molecule has 0 unspecified atom stereocenters. The minimum atomic E-state index is -0.557. The maximum absolute atomic E-state index is 13.9. The molecule has 0 radical (unpaired) electrons.